The third-order valence-electron chi connectivity index (χ3n) is 1.68. The molecule has 0 aliphatic rings. The normalized spacial score (nSPS) is 16.1. The fourth-order valence-corrected chi connectivity index (χ4v) is 1.07. The summed E-state index contributed by atoms with van der Waals surface area (Å²) in [6, 6.07) is 0. The molecule has 0 amide bonds. The van der Waals surface area contributed by atoms with Crippen LogP contribution < -0.4 is 0 Å². The Morgan fingerprint density at radius 1 is 1.58 bits per heavy atom. The van der Waals surface area contributed by atoms with E-state index in [0.717, 1.165) is 18.5 Å². The van der Waals surface area contributed by atoms with Crippen LogP contribution in [0.25, 0.3) is 0 Å². The molecule has 1 unspecified atom stereocenters. The summed E-state index contributed by atoms with van der Waals surface area (Å²) in [5.41, 5.74) is 0.0783. The summed E-state index contributed by atoms with van der Waals surface area (Å²) in [4.78, 5) is 0. The van der Waals surface area contributed by atoms with E-state index in [4.69, 9.17) is 4.74 Å². The van der Waals surface area contributed by atoms with Crippen molar-refractivity contribution in [1.82, 2.24) is 0 Å². The lowest BCUT2D eigenvalue weighted by molar-refractivity contribution is 0.0676. The van der Waals surface area contributed by atoms with Gasteiger partial charge in [-0.15, -0.1) is 6.58 Å². The van der Waals surface area contributed by atoms with Gasteiger partial charge in [-0.25, -0.2) is 0 Å². The first-order valence-electron chi connectivity index (χ1n) is 4.31. The molecule has 0 fully saturated rings. The number of halogens is 1. The van der Waals surface area contributed by atoms with Crippen LogP contribution in [0.2, 0.25) is 0 Å². The van der Waals surface area contributed by atoms with Crippen molar-refractivity contribution in [1.29, 1.82) is 0 Å². The first-order valence-corrected chi connectivity index (χ1v) is 5.43. The highest BCUT2D eigenvalue weighted by Gasteiger charge is 2.18. The van der Waals surface area contributed by atoms with Crippen LogP contribution in [0, 0.1) is 11.3 Å². The van der Waals surface area contributed by atoms with Gasteiger partial charge in [-0.3, -0.25) is 0 Å². The summed E-state index contributed by atoms with van der Waals surface area (Å²) in [5.74, 6) is 0.606. The summed E-state index contributed by atoms with van der Waals surface area (Å²) in [6.07, 6.45) is 1.95. The maximum Gasteiger partial charge on any atom is 0.0562 e. The molecule has 0 aliphatic carbocycles. The fraction of sp³-hybridized carbons (Fsp3) is 0.800. The molecule has 0 rings (SSSR count). The first-order chi connectivity index (χ1) is 5.54. The molecule has 0 spiro atoms. The van der Waals surface area contributed by atoms with Gasteiger partial charge in [0.05, 0.1) is 6.61 Å². The number of alkyl halides is 1. The van der Waals surface area contributed by atoms with Gasteiger partial charge in [-0.1, -0.05) is 42.8 Å². The Kier molecular flexibility index (Phi) is 5.85. The monoisotopic (exact) mass is 234 g/mol. The number of rotatable bonds is 6. The van der Waals surface area contributed by atoms with E-state index in [-0.39, 0.29) is 5.41 Å². The van der Waals surface area contributed by atoms with Gasteiger partial charge in [-0.05, 0) is 5.92 Å². The molecule has 1 nitrogen and oxygen atoms in total. The van der Waals surface area contributed by atoms with Gasteiger partial charge in [0, 0.05) is 17.4 Å². The molecule has 0 aromatic rings. The zero-order valence-corrected chi connectivity index (χ0v) is 9.86. The second-order valence-corrected chi connectivity index (χ2v) is 4.46. The molecule has 0 heterocycles. The first kappa shape index (κ1) is 12.2. The molecule has 0 aliphatic heterocycles. The van der Waals surface area contributed by atoms with E-state index in [0.29, 0.717) is 5.92 Å². The molecule has 0 saturated carbocycles. The van der Waals surface area contributed by atoms with Crippen molar-refractivity contribution in [2.45, 2.75) is 20.8 Å². The average molecular weight is 235 g/mol. The Hall–Kier alpha value is 0.180. The molecule has 72 valence electrons. The highest BCUT2D eigenvalue weighted by atomic mass is 79.9. The van der Waals surface area contributed by atoms with Crippen LogP contribution in [0.5, 0.6) is 0 Å². The van der Waals surface area contributed by atoms with Crippen molar-refractivity contribution >= 4 is 15.9 Å². The second kappa shape index (κ2) is 5.76. The maximum absolute atomic E-state index is 5.54. The van der Waals surface area contributed by atoms with Crippen molar-refractivity contribution in [3.63, 3.8) is 0 Å². The topological polar surface area (TPSA) is 9.23 Å². The van der Waals surface area contributed by atoms with E-state index in [1.807, 2.05) is 6.08 Å². The zero-order valence-electron chi connectivity index (χ0n) is 8.27. The lowest BCUT2D eigenvalue weighted by Gasteiger charge is -2.23. The van der Waals surface area contributed by atoms with Crippen LogP contribution >= 0.6 is 15.9 Å². The Morgan fingerprint density at radius 2 is 2.17 bits per heavy atom. The van der Waals surface area contributed by atoms with Crippen molar-refractivity contribution in [3.05, 3.63) is 12.7 Å². The molecule has 0 aromatic heterocycles. The average Bonchev–Trinajstić information content (AvgIpc) is 2.03. The highest BCUT2D eigenvalue weighted by Crippen LogP contribution is 2.21. The van der Waals surface area contributed by atoms with E-state index in [1.54, 1.807) is 0 Å². The van der Waals surface area contributed by atoms with Crippen LogP contribution in [-0.4, -0.2) is 18.5 Å². The highest BCUT2D eigenvalue weighted by molar-refractivity contribution is 9.09. The fourth-order valence-electron chi connectivity index (χ4n) is 0.680. The summed E-state index contributed by atoms with van der Waals surface area (Å²) < 4.78 is 5.54. The number of ether oxygens (including phenoxy) is 1. The molecule has 0 N–H and O–H groups in total. The van der Waals surface area contributed by atoms with Gasteiger partial charge >= 0.3 is 0 Å². The Morgan fingerprint density at radius 3 is 2.50 bits per heavy atom. The van der Waals surface area contributed by atoms with E-state index in [2.05, 4.69) is 43.3 Å². The van der Waals surface area contributed by atoms with Gasteiger partial charge in [0.2, 0.25) is 0 Å². The number of hydrogen-bond acceptors (Lipinski definition) is 1. The van der Waals surface area contributed by atoms with E-state index in [9.17, 15) is 0 Å². The van der Waals surface area contributed by atoms with Crippen molar-refractivity contribution in [2.75, 3.05) is 18.5 Å². The molecule has 0 saturated heterocycles. The third kappa shape index (κ3) is 4.94. The molecular weight excluding hydrogens is 216 g/mol. The van der Waals surface area contributed by atoms with Gasteiger partial charge in [0.15, 0.2) is 0 Å². The zero-order chi connectivity index (χ0) is 9.61. The van der Waals surface area contributed by atoms with Gasteiger partial charge < -0.3 is 4.74 Å². The van der Waals surface area contributed by atoms with Crippen molar-refractivity contribution in [3.8, 4) is 0 Å². The predicted molar refractivity (Wildman–Crippen MR) is 57.8 cm³/mol. The molecule has 0 radical (unpaired) electrons. The van der Waals surface area contributed by atoms with E-state index in [1.165, 1.54) is 0 Å². The quantitative estimate of drug-likeness (QED) is 0.507. The van der Waals surface area contributed by atoms with Crippen molar-refractivity contribution < 1.29 is 4.74 Å². The summed E-state index contributed by atoms with van der Waals surface area (Å²) in [6.45, 7) is 11.8. The van der Waals surface area contributed by atoms with Crippen LogP contribution in [0.3, 0.4) is 0 Å². The minimum absolute atomic E-state index is 0.0783. The van der Waals surface area contributed by atoms with Crippen LogP contribution in [0.4, 0.5) is 0 Å². The summed E-state index contributed by atoms with van der Waals surface area (Å²) in [7, 11) is 0. The van der Waals surface area contributed by atoms with Crippen molar-refractivity contribution in [2.24, 2.45) is 11.3 Å². The Bertz CT molecular complexity index is 134. The van der Waals surface area contributed by atoms with Gasteiger partial charge in [0.1, 0.15) is 0 Å². The smallest absolute Gasteiger partial charge is 0.0562 e. The lowest BCUT2D eigenvalue weighted by atomic mass is 9.95. The molecular formula is C10H19BrO. The molecule has 1 atom stereocenters. The lowest BCUT2D eigenvalue weighted by Crippen LogP contribution is -2.23. The second-order valence-electron chi connectivity index (χ2n) is 3.90. The Labute approximate surface area is 84.3 Å². The standard InChI is InChI=1S/C10H19BrO/c1-5-10(4,7-11)8-12-6-9(2)3/h5,9H,1,6-8H2,2-4H3. The summed E-state index contributed by atoms with van der Waals surface area (Å²) in [5, 5.41) is 0.904. The minimum Gasteiger partial charge on any atom is -0.380 e. The van der Waals surface area contributed by atoms with E-state index < -0.39 is 0 Å². The van der Waals surface area contributed by atoms with Crippen LogP contribution in [0.15, 0.2) is 12.7 Å². The van der Waals surface area contributed by atoms with Gasteiger partial charge in [-0.2, -0.15) is 0 Å². The maximum atomic E-state index is 5.54. The predicted octanol–water partition coefficient (Wildman–Crippen LogP) is 3.25. The molecule has 2 heteroatoms. The third-order valence-corrected chi connectivity index (χ3v) is 2.96. The molecule has 0 aromatic carbocycles. The number of hydrogen-bond donors (Lipinski definition) is 0. The largest absolute Gasteiger partial charge is 0.380 e. The minimum atomic E-state index is 0.0783. The van der Waals surface area contributed by atoms with E-state index >= 15 is 0 Å². The van der Waals surface area contributed by atoms with Crippen LogP contribution in [0.1, 0.15) is 20.8 Å². The molecule has 12 heavy (non-hydrogen) atoms. The molecule has 0 bridgehead atoms. The van der Waals surface area contributed by atoms with Gasteiger partial charge in [0.25, 0.3) is 0 Å². The SMILES string of the molecule is C=CC(C)(CBr)COCC(C)C. The summed E-state index contributed by atoms with van der Waals surface area (Å²) >= 11 is 3.45. The van der Waals surface area contributed by atoms with Crippen LogP contribution in [-0.2, 0) is 4.74 Å². The Balaban J connectivity index is 3.66.